The average Bonchev–Trinajstić information content (AvgIpc) is 3.04. The third-order valence-corrected chi connectivity index (χ3v) is 4.78. The van der Waals surface area contributed by atoms with Crippen LogP contribution in [0.1, 0.15) is 24.5 Å². The lowest BCUT2D eigenvalue weighted by atomic mass is 10.1. The number of pyridine rings is 1. The van der Waals surface area contributed by atoms with Gasteiger partial charge in [0, 0.05) is 44.1 Å². The van der Waals surface area contributed by atoms with Gasteiger partial charge in [0.05, 0.1) is 6.61 Å². The van der Waals surface area contributed by atoms with Gasteiger partial charge < -0.3 is 9.64 Å². The number of likely N-dealkylation sites (tertiary alicyclic amines) is 1. The Kier molecular flexibility index (Phi) is 6.42. The number of ether oxygens (including phenoxy) is 1. The maximum atomic E-state index is 5.76. The first kappa shape index (κ1) is 17.9. The fraction of sp³-hybridized carbons (Fsp3) is 0.476. The zero-order valence-electron chi connectivity index (χ0n) is 15.4. The molecule has 2 heterocycles. The normalized spacial score (nSPS) is 18.0. The first-order chi connectivity index (χ1) is 12.2. The van der Waals surface area contributed by atoms with E-state index in [1.54, 1.807) is 0 Å². The fourth-order valence-corrected chi connectivity index (χ4v) is 3.69. The van der Waals surface area contributed by atoms with E-state index >= 15 is 0 Å². The highest BCUT2D eigenvalue weighted by Crippen LogP contribution is 2.24. The van der Waals surface area contributed by atoms with E-state index in [1.807, 2.05) is 25.4 Å². The van der Waals surface area contributed by atoms with Crippen molar-refractivity contribution in [1.82, 2.24) is 14.8 Å². The van der Waals surface area contributed by atoms with Crippen LogP contribution in [0.15, 0.2) is 48.8 Å². The van der Waals surface area contributed by atoms with Crippen LogP contribution in [0.2, 0.25) is 0 Å². The molecule has 134 valence electrons. The molecule has 1 unspecified atom stereocenters. The molecule has 1 atom stereocenters. The van der Waals surface area contributed by atoms with E-state index < -0.39 is 0 Å². The summed E-state index contributed by atoms with van der Waals surface area (Å²) in [5, 5.41) is 0. The topological polar surface area (TPSA) is 28.6 Å². The van der Waals surface area contributed by atoms with Crippen molar-refractivity contribution in [3.8, 4) is 5.75 Å². The number of aromatic nitrogens is 1. The predicted octanol–water partition coefficient (Wildman–Crippen LogP) is 3.43. The van der Waals surface area contributed by atoms with E-state index in [0.717, 1.165) is 44.5 Å². The van der Waals surface area contributed by atoms with Gasteiger partial charge in [0.15, 0.2) is 0 Å². The molecule has 0 radical (unpaired) electrons. The van der Waals surface area contributed by atoms with Crippen molar-refractivity contribution < 1.29 is 4.74 Å². The first-order valence-corrected chi connectivity index (χ1v) is 9.25. The SMILES string of the molecule is CCOc1ccccc1CN1CCC(CN(C)Cc2cccnc2)C1. The lowest BCUT2D eigenvalue weighted by Gasteiger charge is -2.22. The molecular weight excluding hydrogens is 310 g/mol. The van der Waals surface area contributed by atoms with Gasteiger partial charge in [-0.1, -0.05) is 24.3 Å². The van der Waals surface area contributed by atoms with Gasteiger partial charge >= 0.3 is 0 Å². The predicted molar refractivity (Wildman–Crippen MR) is 102 cm³/mol. The zero-order valence-corrected chi connectivity index (χ0v) is 15.4. The molecule has 0 N–H and O–H groups in total. The number of nitrogens with zero attached hydrogens (tertiary/aromatic N) is 3. The molecule has 0 saturated carbocycles. The molecule has 1 fully saturated rings. The van der Waals surface area contributed by atoms with E-state index in [2.05, 4.69) is 52.2 Å². The lowest BCUT2D eigenvalue weighted by Crippen LogP contribution is -2.28. The van der Waals surface area contributed by atoms with E-state index in [1.165, 1.54) is 24.1 Å². The fourth-order valence-electron chi connectivity index (χ4n) is 3.69. The molecule has 1 aromatic carbocycles. The largest absolute Gasteiger partial charge is 0.494 e. The maximum absolute atomic E-state index is 5.76. The molecule has 0 amide bonds. The summed E-state index contributed by atoms with van der Waals surface area (Å²) in [6.07, 6.45) is 5.06. The second kappa shape index (κ2) is 8.97. The quantitative estimate of drug-likeness (QED) is 0.737. The van der Waals surface area contributed by atoms with Crippen molar-refractivity contribution >= 4 is 0 Å². The zero-order chi connectivity index (χ0) is 17.5. The standard InChI is InChI=1S/C21H29N3O/c1-3-25-21-9-5-4-8-20(21)17-24-12-10-19(16-24)15-23(2)14-18-7-6-11-22-13-18/h4-9,11,13,19H,3,10,12,14-17H2,1-2H3. The van der Waals surface area contributed by atoms with Gasteiger partial charge in [-0.15, -0.1) is 0 Å². The van der Waals surface area contributed by atoms with Gasteiger partial charge in [0.2, 0.25) is 0 Å². The molecule has 1 saturated heterocycles. The van der Waals surface area contributed by atoms with Crippen LogP contribution in [0.5, 0.6) is 5.75 Å². The molecule has 1 aromatic heterocycles. The molecule has 25 heavy (non-hydrogen) atoms. The number of hydrogen-bond donors (Lipinski definition) is 0. The second-order valence-electron chi connectivity index (χ2n) is 6.99. The molecule has 3 rings (SSSR count). The van der Waals surface area contributed by atoms with Crippen LogP contribution in [-0.2, 0) is 13.1 Å². The molecule has 2 aromatic rings. The third-order valence-electron chi connectivity index (χ3n) is 4.78. The number of rotatable bonds is 8. The summed E-state index contributed by atoms with van der Waals surface area (Å²) in [6, 6.07) is 12.6. The maximum Gasteiger partial charge on any atom is 0.123 e. The van der Waals surface area contributed by atoms with Crippen LogP contribution in [0.4, 0.5) is 0 Å². The minimum atomic E-state index is 0.721. The first-order valence-electron chi connectivity index (χ1n) is 9.25. The van der Waals surface area contributed by atoms with Gasteiger partial charge in [-0.2, -0.15) is 0 Å². The van der Waals surface area contributed by atoms with Crippen LogP contribution < -0.4 is 4.74 Å². The van der Waals surface area contributed by atoms with Crippen molar-refractivity contribution in [2.75, 3.05) is 33.3 Å². The smallest absolute Gasteiger partial charge is 0.123 e. The minimum absolute atomic E-state index is 0.721. The summed E-state index contributed by atoms with van der Waals surface area (Å²) in [5.41, 5.74) is 2.58. The highest BCUT2D eigenvalue weighted by atomic mass is 16.5. The van der Waals surface area contributed by atoms with Crippen LogP contribution in [0.3, 0.4) is 0 Å². The van der Waals surface area contributed by atoms with E-state index in [9.17, 15) is 0 Å². The number of para-hydroxylation sites is 1. The Morgan fingerprint density at radius 1 is 1.24 bits per heavy atom. The van der Waals surface area contributed by atoms with Crippen LogP contribution >= 0.6 is 0 Å². The molecule has 1 aliphatic heterocycles. The van der Waals surface area contributed by atoms with Crippen LogP contribution in [0, 0.1) is 5.92 Å². The van der Waals surface area contributed by atoms with Crippen molar-refractivity contribution in [3.63, 3.8) is 0 Å². The molecule has 1 aliphatic rings. The number of benzene rings is 1. The Bertz CT molecular complexity index is 647. The van der Waals surface area contributed by atoms with Crippen molar-refractivity contribution in [1.29, 1.82) is 0 Å². The van der Waals surface area contributed by atoms with Gasteiger partial charge in [-0.3, -0.25) is 9.88 Å². The third kappa shape index (κ3) is 5.28. The molecule has 0 aliphatic carbocycles. The Morgan fingerprint density at radius 3 is 2.92 bits per heavy atom. The lowest BCUT2D eigenvalue weighted by molar-refractivity contribution is 0.252. The Hall–Kier alpha value is -1.91. The summed E-state index contributed by atoms with van der Waals surface area (Å²) in [4.78, 5) is 9.18. The highest BCUT2D eigenvalue weighted by molar-refractivity contribution is 5.33. The summed E-state index contributed by atoms with van der Waals surface area (Å²) in [6.45, 7) is 8.19. The van der Waals surface area contributed by atoms with Gasteiger partial charge in [0.25, 0.3) is 0 Å². The van der Waals surface area contributed by atoms with Gasteiger partial charge in [0.1, 0.15) is 5.75 Å². The Labute approximate surface area is 151 Å². The van der Waals surface area contributed by atoms with E-state index in [-0.39, 0.29) is 0 Å². The Morgan fingerprint density at radius 2 is 2.12 bits per heavy atom. The van der Waals surface area contributed by atoms with Crippen LogP contribution in [-0.4, -0.2) is 48.1 Å². The van der Waals surface area contributed by atoms with Gasteiger partial charge in [-0.05, 0) is 50.6 Å². The Balaban J connectivity index is 1.49. The molecule has 4 nitrogen and oxygen atoms in total. The molecule has 4 heteroatoms. The molecular formula is C21H29N3O. The monoisotopic (exact) mass is 339 g/mol. The van der Waals surface area contributed by atoms with Crippen molar-refractivity contribution in [3.05, 3.63) is 59.9 Å². The second-order valence-corrected chi connectivity index (χ2v) is 6.99. The summed E-state index contributed by atoms with van der Waals surface area (Å²) in [5.74, 6) is 1.77. The molecule has 0 spiro atoms. The summed E-state index contributed by atoms with van der Waals surface area (Å²) < 4.78 is 5.76. The highest BCUT2D eigenvalue weighted by Gasteiger charge is 2.24. The van der Waals surface area contributed by atoms with E-state index in [4.69, 9.17) is 4.74 Å². The minimum Gasteiger partial charge on any atom is -0.494 e. The van der Waals surface area contributed by atoms with Crippen molar-refractivity contribution in [2.45, 2.75) is 26.4 Å². The van der Waals surface area contributed by atoms with Gasteiger partial charge in [-0.25, -0.2) is 0 Å². The number of hydrogen-bond acceptors (Lipinski definition) is 4. The van der Waals surface area contributed by atoms with Crippen LogP contribution in [0.25, 0.3) is 0 Å². The summed E-state index contributed by atoms with van der Waals surface area (Å²) in [7, 11) is 2.21. The average molecular weight is 339 g/mol. The summed E-state index contributed by atoms with van der Waals surface area (Å²) >= 11 is 0. The molecule has 0 bridgehead atoms. The van der Waals surface area contributed by atoms with Crippen molar-refractivity contribution in [2.24, 2.45) is 5.92 Å². The van der Waals surface area contributed by atoms with E-state index in [0.29, 0.717) is 0 Å².